The van der Waals surface area contributed by atoms with Crippen LogP contribution < -0.4 is 10.6 Å². The van der Waals surface area contributed by atoms with Crippen molar-refractivity contribution in [3.8, 4) is 0 Å². The molecule has 2 rings (SSSR count). The number of cyclic esters (lactones) is 1. The molecule has 0 spiro atoms. The Morgan fingerprint density at radius 3 is 2.73 bits per heavy atom. The van der Waals surface area contributed by atoms with Gasteiger partial charge >= 0.3 is 5.97 Å². The number of ether oxygens (including phenoxy) is 1. The van der Waals surface area contributed by atoms with Crippen molar-refractivity contribution in [1.29, 1.82) is 0 Å². The first-order valence-corrected chi connectivity index (χ1v) is 4.54. The van der Waals surface area contributed by atoms with E-state index in [0.717, 1.165) is 0 Å². The van der Waals surface area contributed by atoms with Crippen LogP contribution in [-0.4, -0.2) is 24.8 Å². The van der Waals surface area contributed by atoms with E-state index in [1.54, 1.807) is 24.3 Å². The number of carbonyl (C=O) groups is 2. The fourth-order valence-electron chi connectivity index (χ4n) is 1.26. The zero-order valence-corrected chi connectivity index (χ0v) is 7.90. The third-order valence-electron chi connectivity index (χ3n) is 1.98. The zero-order chi connectivity index (χ0) is 10.7. The molecule has 1 unspecified atom stereocenters. The molecule has 15 heavy (non-hydrogen) atoms. The average Bonchev–Trinajstić information content (AvgIpc) is 2.65. The van der Waals surface area contributed by atoms with Crippen LogP contribution in [0.5, 0.6) is 0 Å². The number of benzene rings is 1. The molecule has 5 heteroatoms. The molecule has 0 bridgehead atoms. The fourth-order valence-corrected chi connectivity index (χ4v) is 1.26. The molecule has 78 valence electrons. The van der Waals surface area contributed by atoms with Gasteiger partial charge < -0.3 is 10.1 Å². The van der Waals surface area contributed by atoms with Crippen LogP contribution in [0.25, 0.3) is 0 Å². The van der Waals surface area contributed by atoms with Gasteiger partial charge in [-0.2, -0.15) is 0 Å². The number of rotatable bonds is 2. The van der Waals surface area contributed by atoms with E-state index < -0.39 is 6.35 Å². The summed E-state index contributed by atoms with van der Waals surface area (Å²) >= 11 is 0. The van der Waals surface area contributed by atoms with Crippen molar-refractivity contribution in [2.24, 2.45) is 0 Å². The van der Waals surface area contributed by atoms with Crippen LogP contribution >= 0.6 is 0 Å². The Labute approximate surface area is 86.4 Å². The first kappa shape index (κ1) is 9.67. The minimum Gasteiger partial charge on any atom is -0.427 e. The summed E-state index contributed by atoms with van der Waals surface area (Å²) in [5.74, 6) is -0.642. The van der Waals surface area contributed by atoms with E-state index in [0.29, 0.717) is 5.56 Å². The summed E-state index contributed by atoms with van der Waals surface area (Å²) in [7, 11) is 0. The number of amides is 1. The van der Waals surface area contributed by atoms with Crippen LogP contribution in [0.3, 0.4) is 0 Å². The number of esters is 1. The van der Waals surface area contributed by atoms with Crippen molar-refractivity contribution in [3.05, 3.63) is 35.9 Å². The van der Waals surface area contributed by atoms with Crippen molar-refractivity contribution in [2.75, 3.05) is 6.54 Å². The van der Waals surface area contributed by atoms with E-state index in [2.05, 4.69) is 10.6 Å². The topological polar surface area (TPSA) is 67.4 Å². The standard InChI is InChI=1S/C10H10N2O3/c13-8-6-11-10(15-8)12-9(14)7-4-2-1-3-5-7/h1-5,10-11H,6H2,(H,12,14). The lowest BCUT2D eigenvalue weighted by Crippen LogP contribution is -2.42. The summed E-state index contributed by atoms with van der Waals surface area (Å²) in [6, 6.07) is 8.73. The number of hydrogen-bond acceptors (Lipinski definition) is 4. The van der Waals surface area contributed by atoms with Gasteiger partial charge in [0.05, 0.1) is 6.54 Å². The van der Waals surface area contributed by atoms with Gasteiger partial charge in [0.1, 0.15) is 0 Å². The maximum Gasteiger partial charge on any atom is 0.322 e. The zero-order valence-electron chi connectivity index (χ0n) is 7.90. The molecule has 1 amide bonds. The monoisotopic (exact) mass is 206 g/mol. The summed E-state index contributed by atoms with van der Waals surface area (Å²) in [4.78, 5) is 22.3. The molecular weight excluding hydrogens is 196 g/mol. The molecule has 2 N–H and O–H groups in total. The van der Waals surface area contributed by atoms with Crippen LogP contribution in [0.1, 0.15) is 10.4 Å². The van der Waals surface area contributed by atoms with Crippen LogP contribution in [0.15, 0.2) is 30.3 Å². The van der Waals surface area contributed by atoms with Crippen molar-refractivity contribution in [2.45, 2.75) is 6.35 Å². The second-order valence-corrected chi connectivity index (χ2v) is 3.09. The summed E-state index contributed by atoms with van der Waals surface area (Å²) in [6.07, 6.45) is -0.717. The summed E-state index contributed by atoms with van der Waals surface area (Å²) in [5.41, 5.74) is 0.530. The lowest BCUT2D eigenvalue weighted by atomic mass is 10.2. The van der Waals surface area contributed by atoms with Gasteiger partial charge in [-0.25, -0.2) is 0 Å². The highest BCUT2D eigenvalue weighted by Gasteiger charge is 2.23. The summed E-state index contributed by atoms with van der Waals surface area (Å²) < 4.78 is 4.77. The Hall–Kier alpha value is -1.88. The Kier molecular flexibility index (Phi) is 2.64. The van der Waals surface area contributed by atoms with Gasteiger partial charge in [0.2, 0.25) is 6.35 Å². The third kappa shape index (κ3) is 2.32. The third-order valence-corrected chi connectivity index (χ3v) is 1.98. The minimum absolute atomic E-state index is 0.125. The number of hydrogen-bond donors (Lipinski definition) is 2. The molecule has 0 saturated carbocycles. The van der Waals surface area contributed by atoms with Gasteiger partial charge in [-0.15, -0.1) is 0 Å². The highest BCUT2D eigenvalue weighted by molar-refractivity contribution is 5.94. The van der Waals surface area contributed by atoms with Gasteiger partial charge in [0.25, 0.3) is 5.91 Å². The summed E-state index contributed by atoms with van der Waals surface area (Å²) in [5, 5.41) is 5.24. The van der Waals surface area contributed by atoms with Gasteiger partial charge in [-0.1, -0.05) is 18.2 Å². The molecule has 0 aromatic heterocycles. The molecule has 1 aromatic rings. The van der Waals surface area contributed by atoms with Gasteiger partial charge in [0.15, 0.2) is 0 Å². The van der Waals surface area contributed by atoms with Crippen LogP contribution in [-0.2, 0) is 9.53 Å². The predicted octanol–water partition coefficient (Wildman–Crippen LogP) is -0.154. The Morgan fingerprint density at radius 1 is 1.40 bits per heavy atom. The molecule has 5 nitrogen and oxygen atoms in total. The van der Waals surface area contributed by atoms with Crippen molar-refractivity contribution in [3.63, 3.8) is 0 Å². The molecule has 1 heterocycles. The Balaban J connectivity index is 1.96. The Morgan fingerprint density at radius 2 is 2.13 bits per heavy atom. The molecule has 1 aromatic carbocycles. The molecule has 1 aliphatic heterocycles. The van der Waals surface area contributed by atoms with Crippen molar-refractivity contribution < 1.29 is 14.3 Å². The lowest BCUT2D eigenvalue weighted by molar-refractivity contribution is -0.141. The first-order valence-electron chi connectivity index (χ1n) is 4.54. The van der Waals surface area contributed by atoms with Crippen LogP contribution in [0, 0.1) is 0 Å². The van der Waals surface area contributed by atoms with E-state index >= 15 is 0 Å². The second-order valence-electron chi connectivity index (χ2n) is 3.09. The van der Waals surface area contributed by atoms with E-state index in [-0.39, 0.29) is 18.4 Å². The maximum atomic E-state index is 11.6. The number of nitrogens with one attached hydrogen (secondary N) is 2. The van der Waals surface area contributed by atoms with Crippen molar-refractivity contribution in [1.82, 2.24) is 10.6 Å². The molecule has 0 radical (unpaired) electrons. The second kappa shape index (κ2) is 4.10. The predicted molar refractivity (Wildman–Crippen MR) is 51.8 cm³/mol. The maximum absolute atomic E-state index is 11.6. The molecule has 0 aliphatic carbocycles. The minimum atomic E-state index is -0.717. The smallest absolute Gasteiger partial charge is 0.322 e. The molecule has 1 saturated heterocycles. The SMILES string of the molecule is O=C1CNC(NC(=O)c2ccccc2)O1. The molecule has 1 atom stereocenters. The normalized spacial score (nSPS) is 19.7. The first-order chi connectivity index (χ1) is 7.25. The Bertz CT molecular complexity index is 378. The van der Waals surface area contributed by atoms with Crippen molar-refractivity contribution >= 4 is 11.9 Å². The van der Waals surface area contributed by atoms with E-state index in [4.69, 9.17) is 4.74 Å². The van der Waals surface area contributed by atoms with Gasteiger partial charge in [0, 0.05) is 5.56 Å². The van der Waals surface area contributed by atoms with Gasteiger partial charge in [-0.3, -0.25) is 14.9 Å². The van der Waals surface area contributed by atoms with Crippen LogP contribution in [0.2, 0.25) is 0 Å². The van der Waals surface area contributed by atoms with E-state index in [9.17, 15) is 9.59 Å². The van der Waals surface area contributed by atoms with E-state index in [1.807, 2.05) is 6.07 Å². The highest BCUT2D eigenvalue weighted by Crippen LogP contribution is 2.00. The fraction of sp³-hybridized carbons (Fsp3) is 0.200. The van der Waals surface area contributed by atoms with Crippen LogP contribution in [0.4, 0.5) is 0 Å². The van der Waals surface area contributed by atoms with Gasteiger partial charge in [-0.05, 0) is 12.1 Å². The quantitative estimate of drug-likeness (QED) is 0.660. The highest BCUT2D eigenvalue weighted by atomic mass is 16.6. The average molecular weight is 206 g/mol. The molecule has 1 aliphatic rings. The lowest BCUT2D eigenvalue weighted by Gasteiger charge is -2.11. The summed E-state index contributed by atoms with van der Waals surface area (Å²) in [6.45, 7) is 0.125. The largest absolute Gasteiger partial charge is 0.427 e. The molecule has 1 fully saturated rings. The molecular formula is C10H10N2O3. The number of carbonyl (C=O) groups excluding carboxylic acids is 2. The van der Waals surface area contributed by atoms with E-state index in [1.165, 1.54) is 0 Å².